The molecule has 146 valence electrons. The van der Waals surface area contributed by atoms with E-state index in [0.29, 0.717) is 5.56 Å². The first-order valence-corrected chi connectivity index (χ1v) is 9.49. The Morgan fingerprint density at radius 3 is 2.52 bits per heavy atom. The molecule has 1 aliphatic heterocycles. The minimum Gasteiger partial charge on any atom is -0.459 e. The van der Waals surface area contributed by atoms with Crippen LogP contribution in [0.15, 0.2) is 18.3 Å². The molecule has 3 heterocycles. The van der Waals surface area contributed by atoms with Crippen molar-refractivity contribution in [1.82, 2.24) is 19.7 Å². The number of piperazine rings is 1. The molecule has 1 saturated heterocycles. The van der Waals surface area contributed by atoms with Crippen molar-refractivity contribution in [2.24, 2.45) is 7.05 Å². The summed E-state index contributed by atoms with van der Waals surface area (Å²) in [5, 5.41) is 4.51. The van der Waals surface area contributed by atoms with Gasteiger partial charge in [-0.1, -0.05) is 0 Å². The zero-order chi connectivity index (χ0) is 19.6. The second-order valence-electron chi connectivity index (χ2n) is 7.36. The maximum atomic E-state index is 12.4. The van der Waals surface area contributed by atoms with E-state index in [1.807, 2.05) is 25.6 Å². The molecule has 0 spiro atoms. The summed E-state index contributed by atoms with van der Waals surface area (Å²) < 4.78 is 7.32. The van der Waals surface area contributed by atoms with Gasteiger partial charge in [0.2, 0.25) is 0 Å². The molecule has 0 atom stereocenters. The number of hydrogen-bond donors (Lipinski definition) is 0. The fourth-order valence-corrected chi connectivity index (χ4v) is 3.47. The number of pyridine rings is 1. The van der Waals surface area contributed by atoms with Crippen molar-refractivity contribution in [3.05, 3.63) is 40.8 Å². The van der Waals surface area contributed by atoms with E-state index in [0.717, 1.165) is 44.2 Å². The fourth-order valence-electron chi connectivity index (χ4n) is 3.47. The van der Waals surface area contributed by atoms with E-state index in [2.05, 4.69) is 33.7 Å². The standard InChI is InChI=1S/C20H29N5O2/c1-14(2)27-20(26)17-7-6-8-21-19(17)25-11-9-24(10-12-25)13-18-15(3)22-23(5)16(18)4/h6-8,14H,9-13H2,1-5H3. The summed E-state index contributed by atoms with van der Waals surface area (Å²) in [6.45, 7) is 12.3. The second kappa shape index (κ2) is 8.08. The number of carbonyl (C=O) groups excluding carboxylic acids is 1. The summed E-state index contributed by atoms with van der Waals surface area (Å²) in [6.07, 6.45) is 1.59. The van der Waals surface area contributed by atoms with E-state index in [1.54, 1.807) is 18.3 Å². The van der Waals surface area contributed by atoms with Gasteiger partial charge in [-0.3, -0.25) is 9.58 Å². The number of hydrogen-bond acceptors (Lipinski definition) is 6. The third kappa shape index (κ3) is 4.30. The van der Waals surface area contributed by atoms with Crippen molar-refractivity contribution in [2.45, 2.75) is 40.3 Å². The van der Waals surface area contributed by atoms with E-state index in [9.17, 15) is 4.79 Å². The Labute approximate surface area is 160 Å². The van der Waals surface area contributed by atoms with Gasteiger partial charge in [0.15, 0.2) is 0 Å². The number of carbonyl (C=O) groups is 1. The summed E-state index contributed by atoms with van der Waals surface area (Å²) in [7, 11) is 1.99. The second-order valence-corrected chi connectivity index (χ2v) is 7.36. The van der Waals surface area contributed by atoms with Crippen LogP contribution in [-0.4, -0.2) is 57.9 Å². The van der Waals surface area contributed by atoms with Crippen molar-refractivity contribution in [1.29, 1.82) is 0 Å². The molecule has 1 aliphatic rings. The van der Waals surface area contributed by atoms with E-state index in [-0.39, 0.29) is 12.1 Å². The summed E-state index contributed by atoms with van der Waals surface area (Å²) in [6, 6.07) is 3.58. The quantitative estimate of drug-likeness (QED) is 0.752. The third-order valence-corrected chi connectivity index (χ3v) is 5.06. The SMILES string of the molecule is Cc1nn(C)c(C)c1CN1CCN(c2ncccc2C(=O)OC(C)C)CC1. The van der Waals surface area contributed by atoms with Gasteiger partial charge in [0.05, 0.1) is 11.8 Å². The lowest BCUT2D eigenvalue weighted by Gasteiger charge is -2.36. The van der Waals surface area contributed by atoms with Crippen LogP contribution in [0.25, 0.3) is 0 Å². The molecule has 27 heavy (non-hydrogen) atoms. The van der Waals surface area contributed by atoms with Crippen molar-refractivity contribution in [2.75, 3.05) is 31.1 Å². The molecule has 3 rings (SSSR count). The predicted molar refractivity (Wildman–Crippen MR) is 105 cm³/mol. The molecule has 0 saturated carbocycles. The van der Waals surface area contributed by atoms with Crippen molar-refractivity contribution in [3.63, 3.8) is 0 Å². The minimum absolute atomic E-state index is 0.145. The van der Waals surface area contributed by atoms with Crippen LogP contribution in [0.2, 0.25) is 0 Å². The highest BCUT2D eigenvalue weighted by Gasteiger charge is 2.24. The number of aromatic nitrogens is 3. The Kier molecular flexibility index (Phi) is 5.79. The van der Waals surface area contributed by atoms with Crippen LogP contribution >= 0.6 is 0 Å². The van der Waals surface area contributed by atoms with Gasteiger partial charge < -0.3 is 9.64 Å². The topological polar surface area (TPSA) is 63.5 Å². The number of esters is 1. The van der Waals surface area contributed by atoms with E-state index in [4.69, 9.17) is 4.74 Å². The first-order chi connectivity index (χ1) is 12.9. The largest absolute Gasteiger partial charge is 0.459 e. The third-order valence-electron chi connectivity index (χ3n) is 5.06. The zero-order valence-corrected chi connectivity index (χ0v) is 16.9. The first-order valence-electron chi connectivity index (χ1n) is 9.49. The molecule has 7 heteroatoms. The van der Waals surface area contributed by atoms with Gasteiger partial charge in [-0.15, -0.1) is 0 Å². The van der Waals surface area contributed by atoms with Gasteiger partial charge in [0.25, 0.3) is 0 Å². The predicted octanol–water partition coefficient (Wildman–Crippen LogP) is 2.32. The Balaban J connectivity index is 1.67. The van der Waals surface area contributed by atoms with E-state index < -0.39 is 0 Å². The van der Waals surface area contributed by atoms with Crippen molar-refractivity contribution in [3.8, 4) is 0 Å². The number of ether oxygens (including phenoxy) is 1. The number of rotatable bonds is 5. The van der Waals surface area contributed by atoms with Crippen molar-refractivity contribution < 1.29 is 9.53 Å². The molecule has 0 unspecified atom stereocenters. The summed E-state index contributed by atoms with van der Waals surface area (Å²) >= 11 is 0. The van der Waals surface area contributed by atoms with Crippen LogP contribution in [0.1, 0.15) is 41.2 Å². The molecule has 0 aromatic carbocycles. The van der Waals surface area contributed by atoms with Crippen molar-refractivity contribution >= 4 is 11.8 Å². The fraction of sp³-hybridized carbons (Fsp3) is 0.550. The summed E-state index contributed by atoms with van der Waals surface area (Å²) in [5.74, 6) is 0.411. The lowest BCUT2D eigenvalue weighted by atomic mass is 10.1. The molecule has 0 radical (unpaired) electrons. The summed E-state index contributed by atoms with van der Waals surface area (Å²) in [5.41, 5.74) is 4.17. The molecule has 0 aliphatic carbocycles. The van der Waals surface area contributed by atoms with Gasteiger partial charge in [0.1, 0.15) is 11.4 Å². The first kappa shape index (κ1) is 19.4. The Bertz CT molecular complexity index is 807. The number of anilines is 1. The molecular weight excluding hydrogens is 342 g/mol. The lowest BCUT2D eigenvalue weighted by Crippen LogP contribution is -2.46. The maximum Gasteiger partial charge on any atom is 0.342 e. The molecule has 2 aromatic heterocycles. The highest BCUT2D eigenvalue weighted by atomic mass is 16.5. The van der Waals surface area contributed by atoms with Gasteiger partial charge >= 0.3 is 5.97 Å². The molecule has 0 N–H and O–H groups in total. The van der Waals surface area contributed by atoms with Crippen LogP contribution in [0.3, 0.4) is 0 Å². The number of nitrogens with zero attached hydrogens (tertiary/aromatic N) is 5. The normalized spacial score (nSPS) is 15.4. The Morgan fingerprint density at radius 1 is 1.22 bits per heavy atom. The molecule has 2 aromatic rings. The molecule has 0 bridgehead atoms. The van der Waals surface area contributed by atoms with E-state index >= 15 is 0 Å². The van der Waals surface area contributed by atoms with Crippen LogP contribution in [-0.2, 0) is 18.3 Å². The highest BCUT2D eigenvalue weighted by molar-refractivity contribution is 5.94. The smallest absolute Gasteiger partial charge is 0.342 e. The molecule has 7 nitrogen and oxygen atoms in total. The van der Waals surface area contributed by atoms with Gasteiger partial charge in [0, 0.05) is 57.2 Å². The molecular formula is C20H29N5O2. The van der Waals surface area contributed by atoms with Crippen LogP contribution in [0, 0.1) is 13.8 Å². The minimum atomic E-state index is -0.308. The van der Waals surface area contributed by atoms with E-state index in [1.165, 1.54) is 11.3 Å². The monoisotopic (exact) mass is 371 g/mol. The molecule has 1 fully saturated rings. The average Bonchev–Trinajstić information content (AvgIpc) is 2.88. The zero-order valence-electron chi connectivity index (χ0n) is 16.9. The van der Waals surface area contributed by atoms with Gasteiger partial charge in [-0.05, 0) is 39.8 Å². The van der Waals surface area contributed by atoms with Gasteiger partial charge in [-0.2, -0.15) is 5.10 Å². The number of aryl methyl sites for hydroxylation is 2. The summed E-state index contributed by atoms with van der Waals surface area (Å²) in [4.78, 5) is 21.5. The maximum absolute atomic E-state index is 12.4. The Morgan fingerprint density at radius 2 is 1.93 bits per heavy atom. The Hall–Kier alpha value is -2.41. The van der Waals surface area contributed by atoms with Crippen LogP contribution < -0.4 is 4.90 Å². The average molecular weight is 371 g/mol. The lowest BCUT2D eigenvalue weighted by molar-refractivity contribution is 0.0378. The molecule has 0 amide bonds. The highest BCUT2D eigenvalue weighted by Crippen LogP contribution is 2.22. The van der Waals surface area contributed by atoms with Crippen LogP contribution in [0.4, 0.5) is 5.82 Å². The van der Waals surface area contributed by atoms with Crippen LogP contribution in [0.5, 0.6) is 0 Å². The van der Waals surface area contributed by atoms with Gasteiger partial charge in [-0.25, -0.2) is 9.78 Å².